The van der Waals surface area contributed by atoms with Gasteiger partial charge >= 0.3 is 23.9 Å². The summed E-state index contributed by atoms with van der Waals surface area (Å²) in [4.78, 5) is 47.6. The van der Waals surface area contributed by atoms with Gasteiger partial charge in [0.25, 0.3) is 0 Å². The fraction of sp³-hybridized carbons (Fsp3) is 0.577. The Morgan fingerprint density at radius 3 is 2.02 bits per heavy atom. The maximum Gasteiger partial charge on any atom is 0.320 e. The van der Waals surface area contributed by atoms with E-state index in [-0.39, 0.29) is 26.1 Å². The number of hydrogen-bond acceptors (Lipinski definition) is 10. The van der Waals surface area contributed by atoms with E-state index in [2.05, 4.69) is 15.5 Å². The number of hydrogen-bond donors (Lipinski definition) is 6. The lowest BCUT2D eigenvalue weighted by Gasteiger charge is -2.22. The van der Waals surface area contributed by atoms with Crippen LogP contribution in [-0.2, 0) is 25.6 Å². The average Bonchev–Trinajstić information content (AvgIpc) is 2.89. The molecule has 0 spiro atoms. The summed E-state index contributed by atoms with van der Waals surface area (Å²) >= 11 is 1.06. The molecular weight excluding hydrogens is 542 g/mol. The van der Waals surface area contributed by atoms with Crippen molar-refractivity contribution in [1.29, 1.82) is 5.26 Å². The Bertz CT molecular complexity index is 938. The number of nitrogens with one attached hydrogen (secondary N) is 2. The standard InChI is InChI=1S/C19H26N4O6S.C7H15NO2/c20-13-30-15-4-1-14(2-5-15)3-6-16(19(28)29)22-8-10-23(12-18(26)27)9-7-21-11-17(24)25;1-3-8(4-2)6-5-7(9)10/h1-2,4-5,16,21-22H,3,6-12H2,(H,24,25)(H,26,27)(H,28,29);3-6H2,1-2H3,(H,9,10). The molecule has 1 aromatic rings. The smallest absolute Gasteiger partial charge is 0.320 e. The molecular formula is C26H41N5O8S. The molecule has 0 radical (unpaired) electrons. The molecule has 1 unspecified atom stereocenters. The molecule has 1 rings (SSSR count). The minimum absolute atomic E-state index is 0.212. The maximum atomic E-state index is 11.5. The largest absolute Gasteiger partial charge is 0.481 e. The first-order valence-corrected chi connectivity index (χ1v) is 13.8. The zero-order valence-corrected chi connectivity index (χ0v) is 23.9. The first-order chi connectivity index (χ1) is 19.0. The molecule has 0 bridgehead atoms. The second-order valence-electron chi connectivity index (χ2n) is 8.63. The fourth-order valence-electron chi connectivity index (χ4n) is 3.48. The number of thioether (sulfide) groups is 1. The Balaban J connectivity index is 0.00000129. The minimum atomic E-state index is -1.01. The summed E-state index contributed by atoms with van der Waals surface area (Å²) in [6.07, 6.45) is 1.15. The predicted octanol–water partition coefficient (Wildman–Crippen LogP) is 1.10. The summed E-state index contributed by atoms with van der Waals surface area (Å²) in [6.45, 7) is 7.39. The summed E-state index contributed by atoms with van der Waals surface area (Å²) in [5.41, 5.74) is 0.961. The van der Waals surface area contributed by atoms with Crippen molar-refractivity contribution in [3.05, 3.63) is 29.8 Å². The highest BCUT2D eigenvalue weighted by atomic mass is 32.2. The number of thiocyanates is 1. The van der Waals surface area contributed by atoms with Crippen LogP contribution in [-0.4, -0.2) is 119 Å². The third kappa shape index (κ3) is 19.8. The fourth-order valence-corrected chi connectivity index (χ4v) is 3.86. The van der Waals surface area contributed by atoms with E-state index in [1.54, 1.807) is 4.90 Å². The van der Waals surface area contributed by atoms with E-state index in [1.807, 2.05) is 43.5 Å². The molecule has 1 atom stereocenters. The Kier molecular flexibility index (Phi) is 20.8. The number of carboxylic acid groups (broad SMARTS) is 4. The molecule has 0 heterocycles. The van der Waals surface area contributed by atoms with E-state index >= 15 is 0 Å². The molecule has 0 fully saturated rings. The Hall–Kier alpha value is -3.22. The molecule has 14 heteroatoms. The van der Waals surface area contributed by atoms with Crippen LogP contribution < -0.4 is 10.6 Å². The molecule has 224 valence electrons. The van der Waals surface area contributed by atoms with Gasteiger partial charge in [-0.25, -0.2) is 0 Å². The van der Waals surface area contributed by atoms with Gasteiger partial charge in [-0.2, -0.15) is 5.26 Å². The van der Waals surface area contributed by atoms with Gasteiger partial charge in [0, 0.05) is 37.6 Å². The van der Waals surface area contributed by atoms with Gasteiger partial charge in [-0.05, 0) is 55.4 Å². The number of aliphatic carboxylic acids is 4. The van der Waals surface area contributed by atoms with Gasteiger partial charge in [-0.15, -0.1) is 0 Å². The molecule has 0 aromatic heterocycles. The second-order valence-corrected chi connectivity index (χ2v) is 9.49. The van der Waals surface area contributed by atoms with Crippen LogP contribution >= 0.6 is 11.8 Å². The van der Waals surface area contributed by atoms with Crippen LogP contribution in [0.1, 0.15) is 32.3 Å². The van der Waals surface area contributed by atoms with Gasteiger partial charge in [0.2, 0.25) is 0 Å². The lowest BCUT2D eigenvalue weighted by molar-refractivity contribution is -0.140. The summed E-state index contributed by atoms with van der Waals surface area (Å²) in [7, 11) is 0. The SMILES string of the molecule is CCN(CC)CCC(=O)O.N#CSc1ccc(CCC(NCCN(CCNCC(=O)O)CC(=O)O)C(=O)O)cc1. The number of carboxylic acids is 4. The van der Waals surface area contributed by atoms with Gasteiger partial charge in [-0.3, -0.25) is 24.1 Å². The number of nitriles is 1. The molecule has 0 saturated heterocycles. The molecule has 40 heavy (non-hydrogen) atoms. The van der Waals surface area contributed by atoms with Gasteiger partial charge in [0.15, 0.2) is 0 Å². The summed E-state index contributed by atoms with van der Waals surface area (Å²) in [5, 5.41) is 51.6. The van der Waals surface area contributed by atoms with Crippen LogP contribution in [0.5, 0.6) is 0 Å². The van der Waals surface area contributed by atoms with Crippen molar-refractivity contribution in [1.82, 2.24) is 20.4 Å². The first-order valence-electron chi connectivity index (χ1n) is 12.9. The first kappa shape index (κ1) is 36.8. The molecule has 13 nitrogen and oxygen atoms in total. The maximum absolute atomic E-state index is 11.5. The van der Waals surface area contributed by atoms with Crippen molar-refractivity contribution in [2.24, 2.45) is 0 Å². The van der Waals surface area contributed by atoms with Crippen molar-refractivity contribution in [3.8, 4) is 5.40 Å². The Morgan fingerprint density at radius 2 is 1.52 bits per heavy atom. The van der Waals surface area contributed by atoms with Crippen LogP contribution in [0.25, 0.3) is 0 Å². The minimum Gasteiger partial charge on any atom is -0.481 e. The molecule has 0 saturated carbocycles. The quantitative estimate of drug-likeness (QED) is 0.0681. The van der Waals surface area contributed by atoms with Gasteiger partial charge in [0.05, 0.1) is 19.5 Å². The summed E-state index contributed by atoms with van der Waals surface area (Å²) < 4.78 is 0. The van der Waals surface area contributed by atoms with Crippen molar-refractivity contribution < 1.29 is 39.6 Å². The topological polar surface area (TPSA) is 204 Å². The van der Waals surface area contributed by atoms with Gasteiger partial charge in [-0.1, -0.05) is 26.0 Å². The third-order valence-electron chi connectivity index (χ3n) is 5.70. The van der Waals surface area contributed by atoms with Crippen molar-refractivity contribution >= 4 is 35.6 Å². The van der Waals surface area contributed by atoms with E-state index in [1.165, 1.54) is 0 Å². The van der Waals surface area contributed by atoms with Crippen LogP contribution in [0.2, 0.25) is 0 Å². The van der Waals surface area contributed by atoms with E-state index < -0.39 is 29.9 Å². The number of nitrogens with zero attached hydrogens (tertiary/aromatic N) is 3. The van der Waals surface area contributed by atoms with Crippen LogP contribution in [0.3, 0.4) is 0 Å². The number of carbonyl (C=O) groups is 4. The van der Waals surface area contributed by atoms with Crippen molar-refractivity contribution in [3.63, 3.8) is 0 Å². The molecule has 0 amide bonds. The number of aryl methyl sites for hydroxylation is 1. The monoisotopic (exact) mass is 583 g/mol. The zero-order valence-electron chi connectivity index (χ0n) is 23.0. The highest BCUT2D eigenvalue weighted by Crippen LogP contribution is 2.17. The normalized spacial score (nSPS) is 11.4. The van der Waals surface area contributed by atoms with E-state index in [0.29, 0.717) is 39.0 Å². The lowest BCUT2D eigenvalue weighted by Crippen LogP contribution is -2.44. The summed E-state index contributed by atoms with van der Waals surface area (Å²) in [5.74, 6) is -3.71. The molecule has 6 N–H and O–H groups in total. The van der Waals surface area contributed by atoms with Crippen LogP contribution in [0.15, 0.2) is 29.2 Å². The summed E-state index contributed by atoms with van der Waals surface area (Å²) in [6, 6.07) is 6.56. The zero-order chi connectivity index (χ0) is 30.3. The lowest BCUT2D eigenvalue weighted by atomic mass is 10.1. The van der Waals surface area contributed by atoms with Gasteiger partial charge < -0.3 is 36.0 Å². The highest BCUT2D eigenvalue weighted by molar-refractivity contribution is 8.03. The van der Waals surface area contributed by atoms with Crippen LogP contribution in [0, 0.1) is 10.7 Å². The van der Waals surface area contributed by atoms with Gasteiger partial charge in [0.1, 0.15) is 11.4 Å². The van der Waals surface area contributed by atoms with Crippen molar-refractivity contribution in [2.75, 3.05) is 58.9 Å². The molecule has 0 aliphatic rings. The molecule has 0 aliphatic carbocycles. The predicted molar refractivity (Wildman–Crippen MR) is 150 cm³/mol. The molecule has 0 aliphatic heterocycles. The number of benzene rings is 1. The second kappa shape index (κ2) is 22.6. The number of rotatable bonds is 21. The molecule has 1 aromatic carbocycles. The Labute approximate surface area is 239 Å². The van der Waals surface area contributed by atoms with Crippen molar-refractivity contribution in [2.45, 2.75) is 44.0 Å². The Morgan fingerprint density at radius 1 is 0.900 bits per heavy atom. The third-order valence-corrected chi connectivity index (χ3v) is 6.30. The highest BCUT2D eigenvalue weighted by Gasteiger charge is 2.17. The van der Waals surface area contributed by atoms with E-state index in [9.17, 15) is 24.3 Å². The van der Waals surface area contributed by atoms with Crippen LogP contribution in [0.4, 0.5) is 0 Å². The van der Waals surface area contributed by atoms with E-state index in [4.69, 9.17) is 20.6 Å². The van der Waals surface area contributed by atoms with E-state index in [0.717, 1.165) is 35.3 Å². The average molecular weight is 584 g/mol.